The standard InChI is InChI=1S/C8H11NO3S/c1-7(2)9-5-3-8(4-6-9)13(10,11)12/h3-7H,1-2H3. The topological polar surface area (TPSA) is 61.1 Å². The van der Waals surface area contributed by atoms with Crippen LogP contribution >= 0.6 is 0 Å². The fourth-order valence-electron chi connectivity index (χ4n) is 0.935. The lowest BCUT2D eigenvalue weighted by Gasteiger charge is -2.05. The Hall–Kier alpha value is -0.940. The first-order chi connectivity index (χ1) is 5.91. The third kappa shape index (κ3) is 2.50. The van der Waals surface area contributed by atoms with Crippen LogP contribution in [0.2, 0.25) is 0 Å². The van der Waals surface area contributed by atoms with Crippen molar-refractivity contribution in [2.75, 3.05) is 0 Å². The van der Waals surface area contributed by atoms with Crippen LogP contribution < -0.4 is 4.57 Å². The van der Waals surface area contributed by atoms with Crippen molar-refractivity contribution < 1.29 is 17.5 Å². The van der Waals surface area contributed by atoms with Gasteiger partial charge in [-0.05, 0) is 13.8 Å². The molecule has 1 heterocycles. The van der Waals surface area contributed by atoms with Gasteiger partial charge in [0.1, 0.15) is 10.1 Å². The number of aromatic nitrogens is 1. The molecule has 0 saturated heterocycles. The summed E-state index contributed by atoms with van der Waals surface area (Å²) in [5, 5.41) is 0. The summed E-state index contributed by atoms with van der Waals surface area (Å²) in [6.07, 6.45) is 3.16. The van der Waals surface area contributed by atoms with Gasteiger partial charge in [-0.3, -0.25) is 0 Å². The molecule has 0 aliphatic rings. The second-order valence-electron chi connectivity index (χ2n) is 3.03. The van der Waals surface area contributed by atoms with Crippen molar-refractivity contribution in [2.45, 2.75) is 24.8 Å². The molecule has 0 atom stereocenters. The van der Waals surface area contributed by atoms with Crippen molar-refractivity contribution >= 4 is 10.1 Å². The first kappa shape index (κ1) is 10.1. The highest BCUT2D eigenvalue weighted by atomic mass is 32.2. The van der Waals surface area contributed by atoms with Gasteiger partial charge in [0, 0.05) is 12.1 Å². The Bertz CT molecular complexity index is 380. The molecule has 1 aromatic heterocycles. The molecule has 0 amide bonds. The lowest BCUT2D eigenvalue weighted by atomic mass is 10.3. The Morgan fingerprint density at radius 3 is 2.08 bits per heavy atom. The van der Waals surface area contributed by atoms with E-state index in [1.54, 1.807) is 12.4 Å². The van der Waals surface area contributed by atoms with E-state index >= 15 is 0 Å². The van der Waals surface area contributed by atoms with Gasteiger partial charge in [-0.25, -0.2) is 13.0 Å². The van der Waals surface area contributed by atoms with Crippen LogP contribution in [0.25, 0.3) is 0 Å². The number of hydrogen-bond acceptors (Lipinski definition) is 3. The Labute approximate surface area is 77.6 Å². The molecule has 0 aliphatic carbocycles. The largest absolute Gasteiger partial charge is 0.744 e. The van der Waals surface area contributed by atoms with Crippen LogP contribution in [-0.2, 0) is 10.1 Å². The minimum atomic E-state index is -4.31. The molecule has 1 aromatic rings. The van der Waals surface area contributed by atoms with E-state index in [1.165, 1.54) is 12.1 Å². The second kappa shape index (κ2) is 3.43. The van der Waals surface area contributed by atoms with Crippen molar-refractivity contribution in [3.8, 4) is 0 Å². The average Bonchev–Trinajstić information content (AvgIpc) is 2.03. The summed E-state index contributed by atoms with van der Waals surface area (Å²) in [6.45, 7) is 3.93. The van der Waals surface area contributed by atoms with Crippen LogP contribution in [-0.4, -0.2) is 13.0 Å². The fourth-order valence-corrected chi connectivity index (χ4v) is 1.39. The minimum absolute atomic E-state index is 0.190. The molecule has 13 heavy (non-hydrogen) atoms. The number of rotatable bonds is 2. The van der Waals surface area contributed by atoms with Crippen molar-refractivity contribution in [3.05, 3.63) is 24.5 Å². The SMILES string of the molecule is CC(C)[n+]1ccc(S(=O)(=O)[O-])cc1. The smallest absolute Gasteiger partial charge is 0.170 e. The van der Waals surface area contributed by atoms with Crippen LogP contribution in [0.3, 0.4) is 0 Å². The third-order valence-corrected chi connectivity index (χ3v) is 2.56. The summed E-state index contributed by atoms with van der Waals surface area (Å²) in [4.78, 5) is -0.190. The Balaban J connectivity index is 3.08. The normalized spacial score (nSPS) is 12.0. The molecular formula is C8H11NO3S. The van der Waals surface area contributed by atoms with Gasteiger partial charge >= 0.3 is 0 Å². The lowest BCUT2D eigenvalue weighted by molar-refractivity contribution is -0.716. The highest BCUT2D eigenvalue weighted by Crippen LogP contribution is 2.04. The van der Waals surface area contributed by atoms with Gasteiger partial charge in [0.15, 0.2) is 18.4 Å². The van der Waals surface area contributed by atoms with E-state index < -0.39 is 10.1 Å². The Morgan fingerprint density at radius 2 is 1.77 bits per heavy atom. The summed E-state index contributed by atoms with van der Waals surface area (Å²) < 4.78 is 33.5. The molecule has 0 aliphatic heterocycles. The van der Waals surface area contributed by atoms with Crippen molar-refractivity contribution in [3.63, 3.8) is 0 Å². The van der Waals surface area contributed by atoms with Gasteiger partial charge in [0.25, 0.3) is 0 Å². The summed E-state index contributed by atoms with van der Waals surface area (Å²) in [5.74, 6) is 0. The molecule has 4 nitrogen and oxygen atoms in total. The molecule has 1 rings (SSSR count). The molecule has 0 aromatic carbocycles. The first-order valence-corrected chi connectivity index (χ1v) is 5.29. The average molecular weight is 201 g/mol. The summed E-state index contributed by atoms with van der Waals surface area (Å²) in [5.41, 5.74) is 0. The lowest BCUT2D eigenvalue weighted by Crippen LogP contribution is -2.35. The van der Waals surface area contributed by atoms with E-state index in [-0.39, 0.29) is 10.9 Å². The van der Waals surface area contributed by atoms with Crippen LogP contribution in [0.1, 0.15) is 19.9 Å². The van der Waals surface area contributed by atoms with Gasteiger partial charge in [-0.2, -0.15) is 0 Å². The van der Waals surface area contributed by atoms with Crippen LogP contribution in [0.15, 0.2) is 29.4 Å². The molecule has 0 unspecified atom stereocenters. The van der Waals surface area contributed by atoms with Crippen molar-refractivity contribution in [1.82, 2.24) is 0 Å². The number of hydrogen-bond donors (Lipinski definition) is 0. The molecule has 0 bridgehead atoms. The Morgan fingerprint density at radius 1 is 1.31 bits per heavy atom. The van der Waals surface area contributed by atoms with Gasteiger partial charge in [-0.1, -0.05) is 0 Å². The fraction of sp³-hybridized carbons (Fsp3) is 0.375. The number of pyridine rings is 1. The van der Waals surface area contributed by atoms with E-state index in [4.69, 9.17) is 0 Å². The van der Waals surface area contributed by atoms with E-state index in [9.17, 15) is 13.0 Å². The summed E-state index contributed by atoms with van der Waals surface area (Å²) in [7, 11) is -4.31. The van der Waals surface area contributed by atoms with E-state index in [1.807, 2.05) is 18.4 Å². The van der Waals surface area contributed by atoms with Crippen molar-refractivity contribution in [2.24, 2.45) is 0 Å². The molecule has 0 N–H and O–H groups in total. The molecular weight excluding hydrogens is 190 g/mol. The minimum Gasteiger partial charge on any atom is -0.744 e. The van der Waals surface area contributed by atoms with Gasteiger partial charge in [0.2, 0.25) is 0 Å². The molecule has 0 saturated carbocycles. The van der Waals surface area contributed by atoms with Gasteiger partial charge < -0.3 is 4.55 Å². The third-order valence-electron chi connectivity index (χ3n) is 1.71. The van der Waals surface area contributed by atoms with E-state index in [0.29, 0.717) is 0 Å². The summed E-state index contributed by atoms with van der Waals surface area (Å²) in [6, 6.07) is 2.87. The van der Waals surface area contributed by atoms with Gasteiger partial charge in [-0.15, -0.1) is 0 Å². The predicted octanol–water partition coefficient (Wildman–Crippen LogP) is 0.459. The maximum Gasteiger partial charge on any atom is 0.170 e. The van der Waals surface area contributed by atoms with Crippen LogP contribution in [0, 0.1) is 0 Å². The van der Waals surface area contributed by atoms with Gasteiger partial charge in [0.05, 0.1) is 4.90 Å². The highest BCUT2D eigenvalue weighted by Gasteiger charge is 2.07. The maximum atomic E-state index is 10.5. The van der Waals surface area contributed by atoms with Crippen molar-refractivity contribution in [1.29, 1.82) is 0 Å². The van der Waals surface area contributed by atoms with E-state index in [0.717, 1.165) is 0 Å². The zero-order valence-electron chi connectivity index (χ0n) is 7.47. The van der Waals surface area contributed by atoms with E-state index in [2.05, 4.69) is 0 Å². The molecule has 0 radical (unpaired) electrons. The van der Waals surface area contributed by atoms with Crippen LogP contribution in [0.5, 0.6) is 0 Å². The molecule has 0 fully saturated rings. The molecule has 5 heteroatoms. The summed E-state index contributed by atoms with van der Waals surface area (Å²) >= 11 is 0. The number of nitrogens with zero attached hydrogens (tertiary/aromatic N) is 1. The zero-order valence-corrected chi connectivity index (χ0v) is 8.28. The predicted molar refractivity (Wildman–Crippen MR) is 45.0 cm³/mol. The Kier molecular flexibility index (Phi) is 2.68. The monoisotopic (exact) mass is 201 g/mol. The molecule has 0 spiro atoms. The first-order valence-electron chi connectivity index (χ1n) is 3.88. The second-order valence-corrected chi connectivity index (χ2v) is 4.41. The molecule has 72 valence electrons. The van der Waals surface area contributed by atoms with Crippen LogP contribution in [0.4, 0.5) is 0 Å². The zero-order chi connectivity index (χ0) is 10.1. The quantitative estimate of drug-likeness (QED) is 0.516. The maximum absolute atomic E-state index is 10.5. The highest BCUT2D eigenvalue weighted by molar-refractivity contribution is 7.85.